The monoisotopic (exact) mass is 148 g/mol. The molecule has 0 radical (unpaired) electrons. The third-order valence-electron chi connectivity index (χ3n) is 0.352. The van der Waals surface area contributed by atoms with E-state index in [1.165, 1.54) is 6.08 Å². The van der Waals surface area contributed by atoms with E-state index in [2.05, 4.69) is 11.1 Å². The van der Waals surface area contributed by atoms with Crippen molar-refractivity contribution in [2.75, 3.05) is 6.61 Å². The van der Waals surface area contributed by atoms with Crippen molar-refractivity contribution in [3.63, 3.8) is 0 Å². The van der Waals surface area contributed by atoms with Gasteiger partial charge in [0.25, 0.3) is 0 Å². The number of hydrogen-bond acceptors (Lipinski definition) is 2. The Kier molecular flexibility index (Phi) is 7.04. The molecule has 1 N–H and O–H groups in total. The Bertz CT molecular complexity index is 127. The van der Waals surface area contributed by atoms with Gasteiger partial charge in [-0.2, -0.15) is 0 Å². The summed E-state index contributed by atoms with van der Waals surface area (Å²) in [5.41, 5.74) is 0. The summed E-state index contributed by atoms with van der Waals surface area (Å²) < 4.78 is 24.7. The molecule has 0 rings (SSSR count). The molecular weight excluding hydrogens is 141 g/mol. The summed E-state index contributed by atoms with van der Waals surface area (Å²) in [4.78, 5) is 7.77. The van der Waals surface area contributed by atoms with E-state index >= 15 is 0 Å². The molecule has 0 saturated heterocycles. The molecule has 9 heavy (non-hydrogen) atoms. The van der Waals surface area contributed by atoms with E-state index in [1.54, 1.807) is 0 Å². The van der Waals surface area contributed by atoms with Crippen LogP contribution in [0.25, 0.3) is 0 Å². The zero-order chi connectivity index (χ0) is 6.62. The fraction of sp³-hybridized carbons (Fsp3) is 0.333. The van der Waals surface area contributed by atoms with Crippen LogP contribution >= 0.6 is 7.91 Å². The SMILES string of the molecule is C=CCOP(=O)(O)F.[H-].[Li+]. The molecule has 0 aromatic carbocycles. The molecule has 0 amide bonds. The van der Waals surface area contributed by atoms with Crippen molar-refractivity contribution in [1.29, 1.82) is 0 Å². The van der Waals surface area contributed by atoms with Gasteiger partial charge in [0.15, 0.2) is 0 Å². The Morgan fingerprint density at radius 1 is 2.00 bits per heavy atom. The largest absolute Gasteiger partial charge is 1.00 e. The quantitative estimate of drug-likeness (QED) is 0.297. The summed E-state index contributed by atoms with van der Waals surface area (Å²) >= 11 is 0. The van der Waals surface area contributed by atoms with Crippen LogP contribution in [-0.4, -0.2) is 11.5 Å². The van der Waals surface area contributed by atoms with Crippen LogP contribution in [0.5, 0.6) is 0 Å². The predicted octanol–water partition coefficient (Wildman–Crippen LogP) is -1.62. The molecule has 0 aromatic rings. The first-order valence-corrected chi connectivity index (χ1v) is 3.31. The van der Waals surface area contributed by atoms with Gasteiger partial charge in [0.1, 0.15) is 0 Å². The Morgan fingerprint density at radius 2 is 2.44 bits per heavy atom. The number of halogens is 1. The van der Waals surface area contributed by atoms with Gasteiger partial charge in [0.05, 0.1) is 6.61 Å². The van der Waals surface area contributed by atoms with Crippen LogP contribution in [0.2, 0.25) is 0 Å². The van der Waals surface area contributed by atoms with E-state index in [9.17, 15) is 8.76 Å². The van der Waals surface area contributed by atoms with Crippen molar-refractivity contribution in [2.45, 2.75) is 0 Å². The van der Waals surface area contributed by atoms with Gasteiger partial charge in [-0.15, -0.1) is 10.8 Å². The van der Waals surface area contributed by atoms with Crippen LogP contribution < -0.4 is 18.9 Å². The topological polar surface area (TPSA) is 46.5 Å². The molecule has 1 atom stereocenters. The third-order valence-corrected chi connectivity index (χ3v) is 0.819. The molecule has 0 saturated carbocycles. The first kappa shape index (κ1) is 12.1. The van der Waals surface area contributed by atoms with Crippen LogP contribution in [-0.2, 0) is 9.09 Å². The molecule has 0 aliphatic carbocycles. The van der Waals surface area contributed by atoms with Gasteiger partial charge in [0.2, 0.25) is 0 Å². The molecule has 0 spiro atoms. The Hall–Kier alpha value is 0.417. The second-order valence-electron chi connectivity index (χ2n) is 1.04. The molecular formula is C3H7FLiO3P. The molecule has 0 heterocycles. The fourth-order valence-corrected chi connectivity index (χ4v) is 0.434. The summed E-state index contributed by atoms with van der Waals surface area (Å²) in [6.45, 7) is 2.89. The standard InChI is InChI=1S/C3H6FO3P.Li.H/c1-2-3-7-8(4,5)6;;/h2H,1,3H2,(H,5,6);;/q;+1;-1. The van der Waals surface area contributed by atoms with E-state index in [0.29, 0.717) is 0 Å². The molecule has 0 aliphatic rings. The molecule has 0 bridgehead atoms. The van der Waals surface area contributed by atoms with Crippen LogP contribution in [0.1, 0.15) is 1.43 Å². The predicted molar refractivity (Wildman–Crippen MR) is 28.2 cm³/mol. The summed E-state index contributed by atoms with van der Waals surface area (Å²) in [5.74, 6) is 0. The second-order valence-corrected chi connectivity index (χ2v) is 2.20. The zero-order valence-electron chi connectivity index (χ0n) is 6.08. The van der Waals surface area contributed by atoms with Crippen LogP contribution in [0.4, 0.5) is 4.20 Å². The Labute approximate surface area is 66.2 Å². The normalized spacial score (nSPS) is 15.3. The van der Waals surface area contributed by atoms with Crippen molar-refractivity contribution in [1.82, 2.24) is 0 Å². The molecule has 0 aliphatic heterocycles. The summed E-state index contributed by atoms with van der Waals surface area (Å²) in [6.07, 6.45) is 1.18. The first-order valence-electron chi connectivity index (χ1n) is 1.84. The van der Waals surface area contributed by atoms with Crippen molar-refractivity contribution < 1.29 is 38.5 Å². The summed E-state index contributed by atoms with van der Waals surface area (Å²) in [6, 6.07) is 0. The van der Waals surface area contributed by atoms with Crippen molar-refractivity contribution >= 4 is 7.91 Å². The second kappa shape index (κ2) is 5.22. The third kappa shape index (κ3) is 11.8. The maximum atomic E-state index is 11.4. The summed E-state index contributed by atoms with van der Waals surface area (Å²) in [7, 11) is -4.75. The Morgan fingerprint density at radius 3 is 2.56 bits per heavy atom. The van der Waals surface area contributed by atoms with Crippen molar-refractivity contribution in [3.05, 3.63) is 12.7 Å². The first-order chi connectivity index (χ1) is 3.56. The number of rotatable bonds is 3. The van der Waals surface area contributed by atoms with E-state index in [4.69, 9.17) is 4.89 Å². The minimum Gasteiger partial charge on any atom is -1.00 e. The Balaban J connectivity index is -0.000000245. The average molecular weight is 148 g/mol. The van der Waals surface area contributed by atoms with Crippen molar-refractivity contribution in [2.24, 2.45) is 0 Å². The van der Waals surface area contributed by atoms with Crippen LogP contribution in [0.3, 0.4) is 0 Å². The van der Waals surface area contributed by atoms with E-state index < -0.39 is 7.91 Å². The molecule has 6 heteroatoms. The van der Waals surface area contributed by atoms with E-state index in [0.717, 1.165) is 0 Å². The van der Waals surface area contributed by atoms with Gasteiger partial charge in [-0.25, -0.2) is 4.57 Å². The number of hydrogen-bond donors (Lipinski definition) is 1. The fourth-order valence-electron chi connectivity index (χ4n) is 0.145. The van der Waals surface area contributed by atoms with Gasteiger partial charge in [-0.05, 0) is 0 Å². The van der Waals surface area contributed by atoms with Gasteiger partial charge in [0, 0.05) is 0 Å². The van der Waals surface area contributed by atoms with Gasteiger partial charge in [-0.3, -0.25) is 9.42 Å². The van der Waals surface area contributed by atoms with Crippen molar-refractivity contribution in [3.8, 4) is 0 Å². The molecule has 0 fully saturated rings. The van der Waals surface area contributed by atoms with E-state index in [-0.39, 0.29) is 26.9 Å². The maximum absolute atomic E-state index is 11.4. The smallest absolute Gasteiger partial charge is 1.00 e. The van der Waals surface area contributed by atoms with Gasteiger partial charge < -0.3 is 1.43 Å². The summed E-state index contributed by atoms with van der Waals surface area (Å²) in [5, 5.41) is 0. The molecule has 0 aromatic heterocycles. The van der Waals surface area contributed by atoms with Gasteiger partial charge in [-0.1, -0.05) is 6.08 Å². The minimum absolute atomic E-state index is 0. The van der Waals surface area contributed by atoms with Crippen LogP contribution in [0.15, 0.2) is 12.7 Å². The molecule has 1 unspecified atom stereocenters. The molecule has 3 nitrogen and oxygen atoms in total. The molecule has 50 valence electrons. The van der Waals surface area contributed by atoms with Crippen LogP contribution in [0, 0.1) is 0 Å². The van der Waals surface area contributed by atoms with E-state index in [1.807, 2.05) is 0 Å². The maximum Gasteiger partial charge on any atom is 1.00 e. The minimum atomic E-state index is -4.75. The van der Waals surface area contributed by atoms with Gasteiger partial charge >= 0.3 is 26.8 Å². The average Bonchev–Trinajstić information content (AvgIpc) is 1.59. The zero-order valence-corrected chi connectivity index (χ0v) is 5.97.